The molecule has 0 saturated carbocycles. The van der Waals surface area contributed by atoms with E-state index in [1.54, 1.807) is 0 Å². The number of nitrogens with zero attached hydrogens (tertiary/aromatic N) is 1. The molecule has 21 heavy (non-hydrogen) atoms. The molecule has 0 aromatic heterocycles. The standard InChI is InChI=1S/C16H22FN3O/c1-20-12-3-2-4-13(20)9-11(8-12)19-16(21)14-7-10(17)5-6-15(14)18/h5-7,11-13H,2-4,8-9,18H2,1H3,(H,19,21). The highest BCUT2D eigenvalue weighted by atomic mass is 19.1. The zero-order valence-corrected chi connectivity index (χ0v) is 12.3. The second-order valence-electron chi connectivity index (χ2n) is 6.28. The second-order valence-corrected chi connectivity index (χ2v) is 6.28. The molecule has 2 aliphatic heterocycles. The molecule has 1 aromatic rings. The van der Waals surface area contributed by atoms with Gasteiger partial charge in [0.05, 0.1) is 5.56 Å². The summed E-state index contributed by atoms with van der Waals surface area (Å²) in [6.45, 7) is 0. The van der Waals surface area contributed by atoms with Gasteiger partial charge in [0.25, 0.3) is 5.91 Å². The van der Waals surface area contributed by atoms with Crippen molar-refractivity contribution in [3.05, 3.63) is 29.6 Å². The fraction of sp³-hybridized carbons (Fsp3) is 0.562. The van der Waals surface area contributed by atoms with Gasteiger partial charge in [-0.3, -0.25) is 4.79 Å². The number of amides is 1. The summed E-state index contributed by atoms with van der Waals surface area (Å²) < 4.78 is 13.3. The summed E-state index contributed by atoms with van der Waals surface area (Å²) >= 11 is 0. The Balaban J connectivity index is 1.69. The molecule has 0 spiro atoms. The van der Waals surface area contributed by atoms with Crippen molar-refractivity contribution in [3.8, 4) is 0 Å². The van der Waals surface area contributed by atoms with Crippen LogP contribution in [0.15, 0.2) is 18.2 Å². The van der Waals surface area contributed by atoms with Gasteiger partial charge in [0, 0.05) is 23.8 Å². The van der Waals surface area contributed by atoms with Crippen molar-refractivity contribution in [1.82, 2.24) is 10.2 Å². The van der Waals surface area contributed by atoms with E-state index in [2.05, 4.69) is 17.3 Å². The molecule has 3 rings (SSSR count). The molecule has 1 aromatic carbocycles. The number of hydrogen-bond donors (Lipinski definition) is 2. The Bertz CT molecular complexity index is 534. The fourth-order valence-corrected chi connectivity index (χ4v) is 3.72. The highest BCUT2D eigenvalue weighted by Crippen LogP contribution is 2.32. The number of nitrogens with one attached hydrogen (secondary N) is 1. The number of piperidine rings is 2. The molecule has 2 unspecified atom stereocenters. The third-order valence-corrected chi connectivity index (χ3v) is 4.94. The smallest absolute Gasteiger partial charge is 0.253 e. The van der Waals surface area contributed by atoms with Gasteiger partial charge in [-0.05, 0) is 50.9 Å². The van der Waals surface area contributed by atoms with E-state index in [1.807, 2.05) is 0 Å². The van der Waals surface area contributed by atoms with E-state index in [-0.39, 0.29) is 17.5 Å². The molecule has 3 N–H and O–H groups in total. The molecular formula is C16H22FN3O. The van der Waals surface area contributed by atoms with Gasteiger partial charge < -0.3 is 16.0 Å². The lowest BCUT2D eigenvalue weighted by Gasteiger charge is -2.47. The number of carbonyl (C=O) groups excluding carboxylic acids is 1. The first-order chi connectivity index (χ1) is 10.0. The van der Waals surface area contributed by atoms with Gasteiger partial charge in [0.15, 0.2) is 0 Å². The van der Waals surface area contributed by atoms with E-state index >= 15 is 0 Å². The van der Waals surface area contributed by atoms with Crippen LogP contribution in [0.4, 0.5) is 10.1 Å². The summed E-state index contributed by atoms with van der Waals surface area (Å²) in [5.41, 5.74) is 6.33. The minimum atomic E-state index is -0.436. The lowest BCUT2D eigenvalue weighted by Crippen LogP contribution is -2.55. The SMILES string of the molecule is CN1C2CCCC1CC(NC(=O)c1cc(F)ccc1N)C2. The van der Waals surface area contributed by atoms with Crippen LogP contribution in [0.2, 0.25) is 0 Å². The van der Waals surface area contributed by atoms with Crippen LogP contribution in [0.1, 0.15) is 42.5 Å². The highest BCUT2D eigenvalue weighted by molar-refractivity contribution is 5.99. The Morgan fingerprint density at radius 1 is 1.33 bits per heavy atom. The molecule has 2 aliphatic rings. The summed E-state index contributed by atoms with van der Waals surface area (Å²) in [6, 6.07) is 5.17. The zero-order valence-electron chi connectivity index (χ0n) is 12.3. The first kappa shape index (κ1) is 14.3. The average molecular weight is 291 g/mol. The summed E-state index contributed by atoms with van der Waals surface area (Å²) in [7, 11) is 2.18. The van der Waals surface area contributed by atoms with Crippen molar-refractivity contribution in [2.75, 3.05) is 12.8 Å². The molecule has 1 amide bonds. The fourth-order valence-electron chi connectivity index (χ4n) is 3.72. The van der Waals surface area contributed by atoms with Gasteiger partial charge in [0.1, 0.15) is 5.82 Å². The Labute approximate surface area is 124 Å². The molecule has 0 aliphatic carbocycles. The number of nitrogens with two attached hydrogens (primary N) is 1. The normalized spacial score (nSPS) is 29.1. The van der Waals surface area contributed by atoms with Crippen LogP contribution in [0.5, 0.6) is 0 Å². The van der Waals surface area contributed by atoms with Crippen LogP contribution < -0.4 is 11.1 Å². The van der Waals surface area contributed by atoms with Crippen molar-refractivity contribution >= 4 is 11.6 Å². The number of benzene rings is 1. The Morgan fingerprint density at radius 2 is 2.00 bits per heavy atom. The Kier molecular flexibility index (Phi) is 3.85. The maximum Gasteiger partial charge on any atom is 0.253 e. The van der Waals surface area contributed by atoms with E-state index in [0.29, 0.717) is 17.8 Å². The lowest BCUT2D eigenvalue weighted by molar-refractivity contribution is 0.0463. The quantitative estimate of drug-likeness (QED) is 0.821. The van der Waals surface area contributed by atoms with E-state index in [4.69, 9.17) is 5.73 Å². The van der Waals surface area contributed by atoms with Gasteiger partial charge in [-0.1, -0.05) is 6.42 Å². The number of rotatable bonds is 2. The number of fused-ring (bicyclic) bond motifs is 2. The predicted octanol–water partition coefficient (Wildman–Crippen LogP) is 2.15. The van der Waals surface area contributed by atoms with Gasteiger partial charge in [-0.15, -0.1) is 0 Å². The van der Waals surface area contributed by atoms with Crippen LogP contribution in [0.25, 0.3) is 0 Å². The molecule has 2 heterocycles. The number of hydrogen-bond acceptors (Lipinski definition) is 3. The topological polar surface area (TPSA) is 58.4 Å². The summed E-state index contributed by atoms with van der Waals surface area (Å²) in [5.74, 6) is -0.700. The Hall–Kier alpha value is -1.62. The summed E-state index contributed by atoms with van der Waals surface area (Å²) in [6.07, 6.45) is 5.60. The number of nitrogen functional groups attached to an aromatic ring is 1. The van der Waals surface area contributed by atoms with E-state index < -0.39 is 5.82 Å². The van der Waals surface area contributed by atoms with Gasteiger partial charge in [-0.2, -0.15) is 0 Å². The number of carbonyl (C=O) groups is 1. The van der Waals surface area contributed by atoms with Crippen LogP contribution >= 0.6 is 0 Å². The Morgan fingerprint density at radius 3 is 2.67 bits per heavy atom. The molecule has 0 radical (unpaired) electrons. The molecule has 114 valence electrons. The number of anilines is 1. The first-order valence-corrected chi connectivity index (χ1v) is 7.62. The summed E-state index contributed by atoms with van der Waals surface area (Å²) in [5, 5.41) is 3.04. The first-order valence-electron chi connectivity index (χ1n) is 7.62. The third kappa shape index (κ3) is 2.88. The molecule has 2 fully saturated rings. The molecule has 2 bridgehead atoms. The largest absolute Gasteiger partial charge is 0.398 e. The van der Waals surface area contributed by atoms with Crippen molar-refractivity contribution < 1.29 is 9.18 Å². The highest BCUT2D eigenvalue weighted by Gasteiger charge is 2.36. The maximum atomic E-state index is 13.3. The summed E-state index contributed by atoms with van der Waals surface area (Å²) in [4.78, 5) is 14.8. The maximum absolute atomic E-state index is 13.3. The van der Waals surface area contributed by atoms with Crippen LogP contribution in [0, 0.1) is 5.82 Å². The van der Waals surface area contributed by atoms with Crippen molar-refractivity contribution in [1.29, 1.82) is 0 Å². The minimum absolute atomic E-state index is 0.159. The van der Waals surface area contributed by atoms with E-state index in [1.165, 1.54) is 37.5 Å². The minimum Gasteiger partial charge on any atom is -0.398 e. The van der Waals surface area contributed by atoms with Gasteiger partial charge in [-0.25, -0.2) is 4.39 Å². The lowest BCUT2D eigenvalue weighted by atomic mass is 9.82. The van der Waals surface area contributed by atoms with E-state index in [9.17, 15) is 9.18 Å². The van der Waals surface area contributed by atoms with Crippen LogP contribution in [-0.4, -0.2) is 36.0 Å². The van der Waals surface area contributed by atoms with Crippen molar-refractivity contribution in [2.24, 2.45) is 0 Å². The van der Waals surface area contributed by atoms with Crippen molar-refractivity contribution in [2.45, 2.75) is 50.2 Å². The van der Waals surface area contributed by atoms with Gasteiger partial charge in [0.2, 0.25) is 0 Å². The molecule has 4 nitrogen and oxygen atoms in total. The zero-order chi connectivity index (χ0) is 15.0. The third-order valence-electron chi connectivity index (χ3n) is 4.94. The van der Waals surface area contributed by atoms with Gasteiger partial charge >= 0.3 is 0 Å². The van der Waals surface area contributed by atoms with Crippen molar-refractivity contribution in [3.63, 3.8) is 0 Å². The molecule has 2 saturated heterocycles. The monoisotopic (exact) mass is 291 g/mol. The molecule has 2 atom stereocenters. The van der Waals surface area contributed by atoms with Crippen LogP contribution in [0.3, 0.4) is 0 Å². The average Bonchev–Trinajstić information content (AvgIpc) is 2.42. The van der Waals surface area contributed by atoms with Crippen LogP contribution in [-0.2, 0) is 0 Å². The van der Waals surface area contributed by atoms with E-state index in [0.717, 1.165) is 12.8 Å². The number of halogens is 1. The molecular weight excluding hydrogens is 269 g/mol. The predicted molar refractivity (Wildman–Crippen MR) is 80.5 cm³/mol. The second kappa shape index (κ2) is 5.64. The molecule has 5 heteroatoms.